The summed E-state index contributed by atoms with van der Waals surface area (Å²) in [6.45, 7) is 2.85. The van der Waals surface area contributed by atoms with E-state index in [-0.39, 0.29) is 39.5 Å². The van der Waals surface area contributed by atoms with E-state index >= 15 is 0 Å². The number of benzene rings is 1. The molecule has 118 valence electrons. The van der Waals surface area contributed by atoms with Crippen molar-refractivity contribution < 1.29 is 30.6 Å². The van der Waals surface area contributed by atoms with Gasteiger partial charge in [0, 0.05) is 27.7 Å². The van der Waals surface area contributed by atoms with Gasteiger partial charge in [-0.3, -0.25) is 0 Å². The zero-order valence-electron chi connectivity index (χ0n) is 12.7. The predicted octanol–water partition coefficient (Wildman–Crippen LogP) is 4.37. The van der Waals surface area contributed by atoms with Crippen LogP contribution in [0, 0.1) is 11.7 Å². The molecule has 1 saturated carbocycles. The second-order valence-electron chi connectivity index (χ2n) is 5.66. The molecule has 0 aromatic heterocycles. The summed E-state index contributed by atoms with van der Waals surface area (Å²) >= 11 is 0. The minimum absolute atomic E-state index is 0. The Hall–Kier alpha value is -0.242. The quantitative estimate of drug-likeness (QED) is 0.661. The fourth-order valence-electron chi connectivity index (χ4n) is 3.34. The molecule has 1 fully saturated rings. The van der Waals surface area contributed by atoms with Crippen LogP contribution >= 0.6 is 0 Å². The Morgan fingerprint density at radius 1 is 1.24 bits per heavy atom. The average Bonchev–Trinajstić information content (AvgIpc) is 2.48. The number of aliphatic hydroxyl groups is 1. The van der Waals surface area contributed by atoms with Gasteiger partial charge in [0.15, 0.2) is 0 Å². The molecule has 1 aromatic carbocycles. The van der Waals surface area contributed by atoms with Gasteiger partial charge in [-0.25, -0.2) is 4.39 Å². The molecule has 1 aromatic rings. The van der Waals surface area contributed by atoms with Crippen LogP contribution in [0.3, 0.4) is 0 Å². The fourth-order valence-corrected chi connectivity index (χ4v) is 3.34. The molecule has 1 aliphatic carbocycles. The summed E-state index contributed by atoms with van der Waals surface area (Å²) in [7, 11) is 0. The van der Waals surface area contributed by atoms with Crippen molar-refractivity contribution >= 4 is 0 Å². The molecule has 2 nitrogen and oxygen atoms in total. The molecule has 0 spiro atoms. The minimum atomic E-state index is -0.110. The van der Waals surface area contributed by atoms with Crippen molar-refractivity contribution in [1.82, 2.24) is 0 Å². The summed E-state index contributed by atoms with van der Waals surface area (Å²) in [6, 6.07) is 5.53. The number of fused-ring (bicyclic) bond motifs is 1. The summed E-state index contributed by atoms with van der Waals surface area (Å²) in [5.74, 6) is 0.547. The van der Waals surface area contributed by atoms with Crippen molar-refractivity contribution in [1.29, 1.82) is 0 Å². The van der Waals surface area contributed by atoms with Crippen molar-refractivity contribution in [2.24, 2.45) is 5.92 Å². The van der Waals surface area contributed by atoms with E-state index < -0.39 is 0 Å². The maximum absolute atomic E-state index is 13.4. The normalized spacial score (nSPS) is 21.6. The van der Waals surface area contributed by atoms with Crippen molar-refractivity contribution in [3.05, 3.63) is 40.5 Å². The number of halogens is 1. The fraction of sp³-hybridized carbons (Fsp3) is 0.647. The molecule has 1 unspecified atom stereocenters. The number of aliphatic hydroxyl groups excluding tert-OH is 1. The maximum atomic E-state index is 13.4. The Balaban J connectivity index is 0.000000510. The topological polar surface area (TPSA) is 34.3 Å². The third-order valence-corrected chi connectivity index (χ3v) is 4.23. The van der Waals surface area contributed by atoms with E-state index in [9.17, 15) is 4.39 Å². The standard InChI is InChI=1S/C15H19FN.C2H6O.W/c16-13-7-6-11-8-9-17-15(14(11)10-13)12-4-2-1-3-5-12;1-2-3;/h6-7,10,12,15H,1-5,8-9H2;3H,2H2,1H3;/q-1;;. The Bertz CT molecular complexity index is 421. The molecule has 1 heterocycles. The summed E-state index contributed by atoms with van der Waals surface area (Å²) < 4.78 is 13.4. The summed E-state index contributed by atoms with van der Waals surface area (Å²) in [5, 5.41) is 12.3. The molecule has 1 aliphatic heterocycles. The third kappa shape index (κ3) is 5.16. The van der Waals surface area contributed by atoms with E-state index in [1.165, 1.54) is 43.2 Å². The van der Waals surface area contributed by atoms with Crippen LogP contribution in [0.5, 0.6) is 0 Å². The van der Waals surface area contributed by atoms with Gasteiger partial charge in [-0.2, -0.15) is 0 Å². The van der Waals surface area contributed by atoms with Crippen molar-refractivity contribution in [2.75, 3.05) is 13.2 Å². The van der Waals surface area contributed by atoms with Crippen LogP contribution in [0.2, 0.25) is 0 Å². The third-order valence-electron chi connectivity index (χ3n) is 4.23. The van der Waals surface area contributed by atoms with Crippen LogP contribution in [0.1, 0.15) is 56.2 Å². The Labute approximate surface area is 141 Å². The van der Waals surface area contributed by atoms with Gasteiger partial charge >= 0.3 is 0 Å². The second-order valence-corrected chi connectivity index (χ2v) is 5.66. The first-order valence-corrected chi connectivity index (χ1v) is 7.82. The molecular formula is C17H25FNOW-. The zero-order valence-corrected chi connectivity index (χ0v) is 15.7. The van der Waals surface area contributed by atoms with E-state index in [0.29, 0.717) is 5.92 Å². The van der Waals surface area contributed by atoms with Crippen LogP contribution in [-0.2, 0) is 27.5 Å². The van der Waals surface area contributed by atoms with Gasteiger partial charge in [0.2, 0.25) is 0 Å². The van der Waals surface area contributed by atoms with Crippen LogP contribution in [0.4, 0.5) is 4.39 Å². The smallest absolute Gasteiger partial charge is 0.123 e. The first kappa shape index (κ1) is 18.8. The van der Waals surface area contributed by atoms with Crippen LogP contribution < -0.4 is 0 Å². The molecule has 4 heteroatoms. The SMILES string of the molecule is CCO.Fc1ccc2c(c1)C(C1CCCCC1)[N-]CC2.[W]. The monoisotopic (exact) mass is 462 g/mol. The molecule has 2 aliphatic rings. The first-order chi connectivity index (χ1) is 9.76. The predicted molar refractivity (Wildman–Crippen MR) is 80.4 cm³/mol. The molecule has 0 radical (unpaired) electrons. The van der Waals surface area contributed by atoms with Gasteiger partial charge in [0.05, 0.1) is 0 Å². The molecule has 0 bridgehead atoms. The van der Waals surface area contributed by atoms with Gasteiger partial charge < -0.3 is 10.4 Å². The molecule has 0 amide bonds. The van der Waals surface area contributed by atoms with Crippen LogP contribution in [-0.4, -0.2) is 18.3 Å². The van der Waals surface area contributed by atoms with E-state index in [2.05, 4.69) is 0 Å². The van der Waals surface area contributed by atoms with Crippen LogP contribution in [0.15, 0.2) is 18.2 Å². The summed E-state index contributed by atoms with van der Waals surface area (Å²) in [6.07, 6.45) is 7.52. The Morgan fingerprint density at radius 2 is 1.90 bits per heavy atom. The minimum Gasteiger partial charge on any atom is -0.655 e. The van der Waals surface area contributed by atoms with Crippen molar-refractivity contribution in [2.45, 2.75) is 51.5 Å². The van der Waals surface area contributed by atoms with Gasteiger partial charge in [-0.15, -0.1) is 12.6 Å². The molecule has 21 heavy (non-hydrogen) atoms. The second kappa shape index (κ2) is 9.71. The van der Waals surface area contributed by atoms with Crippen molar-refractivity contribution in [3.63, 3.8) is 0 Å². The molecule has 1 N–H and O–H groups in total. The van der Waals surface area contributed by atoms with Gasteiger partial charge in [-0.1, -0.05) is 49.7 Å². The maximum Gasteiger partial charge on any atom is 0.123 e. The number of nitrogens with zero attached hydrogens (tertiary/aromatic N) is 1. The first-order valence-electron chi connectivity index (χ1n) is 7.82. The Kier molecular flexibility index (Phi) is 8.70. The molecule has 3 rings (SSSR count). The number of hydrogen-bond donors (Lipinski definition) is 1. The van der Waals surface area contributed by atoms with E-state index in [1.54, 1.807) is 19.1 Å². The summed E-state index contributed by atoms with van der Waals surface area (Å²) in [5.41, 5.74) is 2.49. The largest absolute Gasteiger partial charge is 0.655 e. The van der Waals surface area contributed by atoms with Crippen molar-refractivity contribution in [3.8, 4) is 0 Å². The zero-order chi connectivity index (χ0) is 14.4. The number of rotatable bonds is 1. The van der Waals surface area contributed by atoms with Gasteiger partial charge in [0.25, 0.3) is 0 Å². The molecular weight excluding hydrogens is 437 g/mol. The van der Waals surface area contributed by atoms with Gasteiger partial charge in [-0.05, 0) is 31.0 Å². The Morgan fingerprint density at radius 3 is 2.57 bits per heavy atom. The summed E-state index contributed by atoms with van der Waals surface area (Å²) in [4.78, 5) is 0. The average molecular weight is 462 g/mol. The number of hydrogen-bond acceptors (Lipinski definition) is 1. The molecule has 0 saturated heterocycles. The van der Waals surface area contributed by atoms with E-state index in [4.69, 9.17) is 10.4 Å². The van der Waals surface area contributed by atoms with Crippen LogP contribution in [0.25, 0.3) is 5.32 Å². The van der Waals surface area contributed by atoms with Gasteiger partial charge in [0.1, 0.15) is 5.82 Å². The van der Waals surface area contributed by atoms with E-state index in [1.807, 2.05) is 6.07 Å². The van der Waals surface area contributed by atoms with E-state index in [0.717, 1.165) is 13.0 Å². The molecule has 1 atom stereocenters.